The number of hydrogen-bond donors (Lipinski definition) is 1. The van der Waals surface area contributed by atoms with Crippen molar-refractivity contribution in [2.24, 2.45) is 5.92 Å². The smallest absolute Gasteiger partial charge is 0.0453 e. The minimum Gasteiger partial charge on any atom is -0.307 e. The zero-order valence-corrected chi connectivity index (χ0v) is 12.2. The number of likely N-dealkylation sites (tertiary alicyclic amines) is 1. The van der Waals surface area contributed by atoms with E-state index in [0.717, 1.165) is 5.02 Å². The van der Waals surface area contributed by atoms with Crippen molar-refractivity contribution in [1.82, 2.24) is 10.2 Å². The van der Waals surface area contributed by atoms with Crippen LogP contribution in [-0.4, -0.2) is 31.1 Å². The lowest BCUT2D eigenvalue weighted by atomic mass is 9.93. The van der Waals surface area contributed by atoms with Gasteiger partial charge in [-0.25, -0.2) is 0 Å². The van der Waals surface area contributed by atoms with Crippen LogP contribution in [0.1, 0.15) is 31.9 Å². The van der Waals surface area contributed by atoms with E-state index in [4.69, 9.17) is 11.6 Å². The third kappa shape index (κ3) is 3.25. The minimum absolute atomic E-state index is 0.314. The lowest BCUT2D eigenvalue weighted by Crippen LogP contribution is -2.47. The largest absolute Gasteiger partial charge is 0.307 e. The maximum Gasteiger partial charge on any atom is 0.0453 e. The van der Waals surface area contributed by atoms with E-state index in [2.05, 4.69) is 43.2 Å². The molecule has 3 heteroatoms. The first kappa shape index (κ1) is 13.9. The van der Waals surface area contributed by atoms with Gasteiger partial charge >= 0.3 is 0 Å². The summed E-state index contributed by atoms with van der Waals surface area (Å²) in [6.07, 6.45) is 1.21. The summed E-state index contributed by atoms with van der Waals surface area (Å²) < 4.78 is 0. The van der Waals surface area contributed by atoms with E-state index < -0.39 is 0 Å². The van der Waals surface area contributed by atoms with E-state index in [1.165, 1.54) is 25.1 Å². The van der Waals surface area contributed by atoms with Gasteiger partial charge in [-0.05, 0) is 44.5 Å². The molecule has 1 N–H and O–H groups in total. The van der Waals surface area contributed by atoms with E-state index in [0.29, 0.717) is 18.0 Å². The van der Waals surface area contributed by atoms with Gasteiger partial charge in [0, 0.05) is 23.7 Å². The molecule has 1 aromatic rings. The number of piperidine rings is 1. The normalized spacial score (nSPS) is 27.1. The molecule has 18 heavy (non-hydrogen) atoms. The first-order chi connectivity index (χ1) is 8.58. The van der Waals surface area contributed by atoms with Crippen LogP contribution in [0.25, 0.3) is 0 Å². The molecule has 3 atom stereocenters. The number of benzene rings is 1. The molecule has 1 aliphatic rings. The molecule has 1 saturated heterocycles. The number of rotatable bonds is 3. The van der Waals surface area contributed by atoms with Gasteiger partial charge in [0.2, 0.25) is 0 Å². The molecular weight excluding hydrogens is 244 g/mol. The standard InChI is InChI=1S/C15H23ClN2/c1-11-10-18(3)9-8-15(11)17-12(2)13-6-4-5-7-14(13)16/h4-7,11-12,15,17H,8-10H2,1-3H3. The zero-order chi connectivity index (χ0) is 13.1. The Hall–Kier alpha value is -0.570. The summed E-state index contributed by atoms with van der Waals surface area (Å²) in [4.78, 5) is 2.41. The number of halogens is 1. The van der Waals surface area contributed by atoms with Crippen LogP contribution in [-0.2, 0) is 0 Å². The molecular formula is C15H23ClN2. The van der Waals surface area contributed by atoms with Crippen LogP contribution >= 0.6 is 11.6 Å². The quantitative estimate of drug-likeness (QED) is 0.903. The maximum absolute atomic E-state index is 6.25. The van der Waals surface area contributed by atoms with Gasteiger partial charge in [0.1, 0.15) is 0 Å². The van der Waals surface area contributed by atoms with Gasteiger partial charge < -0.3 is 10.2 Å². The van der Waals surface area contributed by atoms with Crippen molar-refractivity contribution in [2.75, 3.05) is 20.1 Å². The lowest BCUT2D eigenvalue weighted by molar-refractivity contribution is 0.168. The fourth-order valence-electron chi connectivity index (χ4n) is 2.84. The summed E-state index contributed by atoms with van der Waals surface area (Å²) >= 11 is 6.25. The lowest BCUT2D eigenvalue weighted by Gasteiger charge is -2.37. The molecule has 0 saturated carbocycles. The van der Waals surface area contributed by atoms with Crippen LogP contribution in [0, 0.1) is 5.92 Å². The Morgan fingerprint density at radius 2 is 2.11 bits per heavy atom. The van der Waals surface area contributed by atoms with Crippen molar-refractivity contribution in [3.8, 4) is 0 Å². The number of nitrogens with zero attached hydrogens (tertiary/aromatic N) is 1. The van der Waals surface area contributed by atoms with E-state index in [9.17, 15) is 0 Å². The van der Waals surface area contributed by atoms with Crippen LogP contribution in [0.2, 0.25) is 5.02 Å². The van der Waals surface area contributed by atoms with Gasteiger partial charge in [-0.1, -0.05) is 36.7 Å². The maximum atomic E-state index is 6.25. The molecule has 0 aromatic heterocycles. The van der Waals surface area contributed by atoms with Crippen LogP contribution in [0.4, 0.5) is 0 Å². The molecule has 100 valence electrons. The highest BCUT2D eigenvalue weighted by Gasteiger charge is 2.25. The van der Waals surface area contributed by atoms with E-state index >= 15 is 0 Å². The highest BCUT2D eigenvalue weighted by Crippen LogP contribution is 2.25. The Kier molecular flexibility index (Phi) is 4.66. The van der Waals surface area contributed by atoms with Crippen LogP contribution < -0.4 is 5.32 Å². The van der Waals surface area contributed by atoms with E-state index in [1.54, 1.807) is 0 Å². The summed E-state index contributed by atoms with van der Waals surface area (Å²) in [5.74, 6) is 0.689. The Morgan fingerprint density at radius 3 is 2.78 bits per heavy atom. The van der Waals surface area contributed by atoms with Gasteiger partial charge in [-0.2, -0.15) is 0 Å². The van der Waals surface area contributed by atoms with Gasteiger partial charge in [0.15, 0.2) is 0 Å². The highest BCUT2D eigenvalue weighted by molar-refractivity contribution is 6.31. The Labute approximate surface area is 115 Å². The van der Waals surface area contributed by atoms with Gasteiger partial charge in [-0.3, -0.25) is 0 Å². The third-order valence-corrected chi connectivity index (χ3v) is 4.29. The van der Waals surface area contributed by atoms with Gasteiger partial charge in [0.25, 0.3) is 0 Å². The molecule has 1 heterocycles. The van der Waals surface area contributed by atoms with Crippen molar-refractivity contribution in [1.29, 1.82) is 0 Å². The Balaban J connectivity index is 1.99. The second kappa shape index (κ2) is 6.05. The molecule has 0 aliphatic carbocycles. The molecule has 1 fully saturated rings. The minimum atomic E-state index is 0.314. The molecule has 0 spiro atoms. The summed E-state index contributed by atoms with van der Waals surface area (Å²) in [6.45, 7) is 6.88. The van der Waals surface area contributed by atoms with Crippen molar-refractivity contribution in [3.63, 3.8) is 0 Å². The Bertz CT molecular complexity index is 394. The van der Waals surface area contributed by atoms with Gasteiger partial charge in [-0.15, -0.1) is 0 Å². The number of nitrogens with one attached hydrogen (secondary N) is 1. The predicted octanol–water partition coefficient (Wildman–Crippen LogP) is 3.33. The molecule has 0 amide bonds. The highest BCUT2D eigenvalue weighted by atomic mass is 35.5. The fraction of sp³-hybridized carbons (Fsp3) is 0.600. The summed E-state index contributed by atoms with van der Waals surface area (Å²) in [7, 11) is 2.20. The predicted molar refractivity (Wildman–Crippen MR) is 78.1 cm³/mol. The van der Waals surface area contributed by atoms with Gasteiger partial charge in [0.05, 0.1) is 0 Å². The van der Waals surface area contributed by atoms with Crippen molar-refractivity contribution in [2.45, 2.75) is 32.4 Å². The molecule has 2 nitrogen and oxygen atoms in total. The second-order valence-electron chi connectivity index (χ2n) is 5.54. The second-order valence-corrected chi connectivity index (χ2v) is 5.95. The first-order valence-electron chi connectivity index (χ1n) is 6.77. The molecule has 0 bridgehead atoms. The van der Waals surface area contributed by atoms with Crippen molar-refractivity contribution >= 4 is 11.6 Å². The zero-order valence-electron chi connectivity index (χ0n) is 11.5. The SMILES string of the molecule is CC(NC1CCN(C)CC1C)c1ccccc1Cl. The molecule has 1 aromatic carbocycles. The summed E-state index contributed by atoms with van der Waals surface area (Å²) in [5, 5.41) is 4.59. The van der Waals surface area contributed by atoms with Crippen molar-refractivity contribution < 1.29 is 0 Å². The molecule has 0 radical (unpaired) electrons. The first-order valence-corrected chi connectivity index (χ1v) is 7.14. The Morgan fingerprint density at radius 1 is 1.39 bits per heavy atom. The molecule has 1 aliphatic heterocycles. The van der Waals surface area contributed by atoms with E-state index in [-0.39, 0.29) is 0 Å². The third-order valence-electron chi connectivity index (χ3n) is 3.94. The molecule has 3 unspecified atom stereocenters. The average molecular weight is 267 g/mol. The summed E-state index contributed by atoms with van der Waals surface area (Å²) in [6, 6.07) is 9.02. The van der Waals surface area contributed by atoms with Crippen LogP contribution in [0.5, 0.6) is 0 Å². The average Bonchev–Trinajstić information content (AvgIpc) is 2.33. The summed E-state index contributed by atoms with van der Waals surface area (Å²) in [5.41, 5.74) is 1.20. The molecule has 2 rings (SSSR count). The topological polar surface area (TPSA) is 15.3 Å². The fourth-order valence-corrected chi connectivity index (χ4v) is 3.14. The van der Waals surface area contributed by atoms with Crippen molar-refractivity contribution in [3.05, 3.63) is 34.9 Å². The van der Waals surface area contributed by atoms with E-state index in [1.807, 2.05) is 12.1 Å². The van der Waals surface area contributed by atoms with Crippen LogP contribution in [0.3, 0.4) is 0 Å². The number of hydrogen-bond acceptors (Lipinski definition) is 2. The van der Waals surface area contributed by atoms with Crippen LogP contribution in [0.15, 0.2) is 24.3 Å². The monoisotopic (exact) mass is 266 g/mol.